The quantitative estimate of drug-likeness (QED) is 0.703. The Labute approximate surface area is 88.2 Å². The Kier molecular flexibility index (Phi) is 2.91. The lowest BCUT2D eigenvalue weighted by atomic mass is 10.5. The van der Waals surface area contributed by atoms with E-state index in [4.69, 9.17) is 16.0 Å². The molecule has 0 unspecified atom stereocenters. The second kappa shape index (κ2) is 4.17. The molecule has 1 aromatic rings. The smallest absolute Gasteiger partial charge is 0.318 e. The van der Waals surface area contributed by atoms with E-state index in [0.717, 1.165) is 6.54 Å². The van der Waals surface area contributed by atoms with Gasteiger partial charge in [0.1, 0.15) is 0 Å². The first kappa shape index (κ1) is 9.77. The third-order valence-corrected chi connectivity index (χ3v) is 2.53. The summed E-state index contributed by atoms with van der Waals surface area (Å²) in [5.74, 6) is 1.16. The van der Waals surface area contributed by atoms with Crippen LogP contribution in [0.1, 0.15) is 25.7 Å². The van der Waals surface area contributed by atoms with Crippen molar-refractivity contribution in [3.05, 3.63) is 5.89 Å². The number of hydrogen-bond acceptors (Lipinski definition) is 4. The number of anilines is 1. The van der Waals surface area contributed by atoms with Crippen molar-refractivity contribution in [1.29, 1.82) is 0 Å². The highest BCUT2D eigenvalue weighted by Gasteiger charge is 2.31. The van der Waals surface area contributed by atoms with E-state index in [9.17, 15) is 0 Å². The molecule has 0 amide bonds. The molecule has 0 aromatic carbocycles. The predicted molar refractivity (Wildman–Crippen MR) is 54.8 cm³/mol. The summed E-state index contributed by atoms with van der Waals surface area (Å²) in [6.45, 7) is 3.02. The Bertz CT molecular complexity index is 298. The highest BCUT2D eigenvalue weighted by molar-refractivity contribution is 6.17. The van der Waals surface area contributed by atoms with Gasteiger partial charge >= 0.3 is 6.01 Å². The standard InChI is InChI=1S/C9H14ClN3O/c1-2-13(7-3-4-7)9-12-11-8(14-9)5-6-10/h7H,2-6H2,1H3. The molecule has 0 bridgehead atoms. The van der Waals surface area contributed by atoms with Gasteiger partial charge in [-0.15, -0.1) is 16.7 Å². The van der Waals surface area contributed by atoms with Crippen molar-refractivity contribution in [2.75, 3.05) is 17.3 Å². The summed E-state index contributed by atoms with van der Waals surface area (Å²) < 4.78 is 5.50. The third kappa shape index (κ3) is 2.00. The summed E-state index contributed by atoms with van der Waals surface area (Å²) in [6, 6.07) is 1.26. The first-order valence-electron chi connectivity index (χ1n) is 5.00. The average Bonchev–Trinajstić information content (AvgIpc) is 2.90. The maximum Gasteiger partial charge on any atom is 0.318 e. The third-order valence-electron chi connectivity index (χ3n) is 2.34. The fraction of sp³-hybridized carbons (Fsp3) is 0.778. The normalized spacial score (nSPS) is 15.9. The molecule has 0 spiro atoms. The van der Waals surface area contributed by atoms with Gasteiger partial charge in [0.05, 0.1) is 0 Å². The summed E-state index contributed by atoms with van der Waals surface area (Å²) in [4.78, 5) is 2.16. The van der Waals surface area contributed by atoms with Crippen LogP contribution in [-0.2, 0) is 6.42 Å². The number of hydrogen-bond donors (Lipinski definition) is 0. The highest BCUT2D eigenvalue weighted by Crippen LogP contribution is 2.30. The zero-order chi connectivity index (χ0) is 9.97. The fourth-order valence-electron chi connectivity index (χ4n) is 1.48. The van der Waals surface area contributed by atoms with Crippen molar-refractivity contribution in [2.24, 2.45) is 0 Å². The van der Waals surface area contributed by atoms with Gasteiger partial charge in [0.2, 0.25) is 5.89 Å². The number of alkyl halides is 1. The average molecular weight is 216 g/mol. The maximum absolute atomic E-state index is 5.59. The molecule has 78 valence electrons. The largest absolute Gasteiger partial charge is 0.408 e. The number of aryl methyl sites for hydroxylation is 1. The molecule has 1 aliphatic carbocycles. The number of nitrogens with zero attached hydrogens (tertiary/aromatic N) is 3. The SMILES string of the molecule is CCN(c1nnc(CCCl)o1)C1CC1. The second-order valence-electron chi connectivity index (χ2n) is 3.43. The monoisotopic (exact) mass is 215 g/mol. The van der Waals surface area contributed by atoms with Gasteiger partial charge in [-0.05, 0) is 19.8 Å². The summed E-state index contributed by atoms with van der Waals surface area (Å²) in [5.41, 5.74) is 0. The Morgan fingerprint density at radius 2 is 2.29 bits per heavy atom. The lowest BCUT2D eigenvalue weighted by Gasteiger charge is -2.16. The molecule has 1 aliphatic rings. The van der Waals surface area contributed by atoms with E-state index in [1.54, 1.807) is 0 Å². The van der Waals surface area contributed by atoms with Crippen LogP contribution in [0.15, 0.2) is 4.42 Å². The van der Waals surface area contributed by atoms with Gasteiger partial charge in [-0.2, -0.15) is 0 Å². The fourth-order valence-corrected chi connectivity index (χ4v) is 1.64. The molecule has 4 nitrogen and oxygen atoms in total. The van der Waals surface area contributed by atoms with E-state index in [0.29, 0.717) is 30.2 Å². The van der Waals surface area contributed by atoms with Crippen molar-refractivity contribution in [1.82, 2.24) is 10.2 Å². The van der Waals surface area contributed by atoms with Gasteiger partial charge < -0.3 is 9.32 Å². The van der Waals surface area contributed by atoms with Crippen LogP contribution in [0.25, 0.3) is 0 Å². The Balaban J connectivity index is 2.05. The zero-order valence-corrected chi connectivity index (χ0v) is 9.00. The number of rotatable bonds is 5. The molecule has 5 heteroatoms. The Morgan fingerprint density at radius 3 is 2.86 bits per heavy atom. The van der Waals surface area contributed by atoms with E-state index in [2.05, 4.69) is 22.0 Å². The van der Waals surface area contributed by atoms with Crippen LogP contribution in [0.5, 0.6) is 0 Å². The van der Waals surface area contributed by atoms with Gasteiger partial charge in [0.25, 0.3) is 0 Å². The highest BCUT2D eigenvalue weighted by atomic mass is 35.5. The van der Waals surface area contributed by atoms with Crippen LogP contribution in [0.4, 0.5) is 6.01 Å². The van der Waals surface area contributed by atoms with Gasteiger partial charge in [-0.3, -0.25) is 0 Å². The van der Waals surface area contributed by atoms with E-state index in [-0.39, 0.29) is 0 Å². The molecular formula is C9H14ClN3O. The van der Waals surface area contributed by atoms with Gasteiger partial charge in [-0.1, -0.05) is 5.10 Å². The number of aromatic nitrogens is 2. The van der Waals surface area contributed by atoms with Crippen molar-refractivity contribution in [2.45, 2.75) is 32.2 Å². The zero-order valence-electron chi connectivity index (χ0n) is 8.24. The Hall–Kier alpha value is -0.770. The van der Waals surface area contributed by atoms with E-state index in [1.807, 2.05) is 0 Å². The van der Waals surface area contributed by atoms with Crippen LogP contribution in [0, 0.1) is 0 Å². The van der Waals surface area contributed by atoms with E-state index < -0.39 is 0 Å². The first-order chi connectivity index (χ1) is 6.85. The van der Waals surface area contributed by atoms with Crippen molar-refractivity contribution in [3.63, 3.8) is 0 Å². The van der Waals surface area contributed by atoms with Crippen molar-refractivity contribution < 1.29 is 4.42 Å². The van der Waals surface area contributed by atoms with Gasteiger partial charge in [-0.25, -0.2) is 0 Å². The lowest BCUT2D eigenvalue weighted by Crippen LogP contribution is -2.25. The van der Waals surface area contributed by atoms with Crippen LogP contribution < -0.4 is 4.90 Å². The minimum Gasteiger partial charge on any atom is -0.408 e. The molecule has 0 N–H and O–H groups in total. The molecule has 1 aromatic heterocycles. The van der Waals surface area contributed by atoms with Crippen LogP contribution >= 0.6 is 11.6 Å². The summed E-state index contributed by atoms with van der Waals surface area (Å²) in [7, 11) is 0. The van der Waals surface area contributed by atoms with E-state index >= 15 is 0 Å². The molecule has 0 radical (unpaired) electrons. The maximum atomic E-state index is 5.59. The van der Waals surface area contributed by atoms with Gasteiger partial charge in [0, 0.05) is 24.9 Å². The molecule has 14 heavy (non-hydrogen) atoms. The molecule has 1 heterocycles. The predicted octanol–water partition coefficient (Wildman–Crippen LogP) is 1.84. The summed E-state index contributed by atoms with van der Waals surface area (Å²) in [5, 5.41) is 7.96. The molecular weight excluding hydrogens is 202 g/mol. The molecule has 0 saturated heterocycles. The van der Waals surface area contributed by atoms with Gasteiger partial charge in [0.15, 0.2) is 0 Å². The molecule has 1 fully saturated rings. The molecule has 0 atom stereocenters. The van der Waals surface area contributed by atoms with Crippen LogP contribution in [-0.4, -0.2) is 28.7 Å². The number of halogens is 1. The second-order valence-corrected chi connectivity index (χ2v) is 3.81. The topological polar surface area (TPSA) is 42.2 Å². The molecule has 0 aliphatic heterocycles. The summed E-state index contributed by atoms with van der Waals surface area (Å²) in [6.07, 6.45) is 3.12. The van der Waals surface area contributed by atoms with E-state index in [1.165, 1.54) is 12.8 Å². The summed E-state index contributed by atoms with van der Waals surface area (Å²) >= 11 is 5.59. The molecule has 1 saturated carbocycles. The minimum atomic E-state index is 0.525. The minimum absolute atomic E-state index is 0.525. The lowest BCUT2D eigenvalue weighted by molar-refractivity contribution is 0.489. The van der Waals surface area contributed by atoms with Crippen molar-refractivity contribution >= 4 is 17.6 Å². The van der Waals surface area contributed by atoms with Crippen LogP contribution in [0.3, 0.4) is 0 Å². The Morgan fingerprint density at radius 1 is 1.50 bits per heavy atom. The van der Waals surface area contributed by atoms with Crippen molar-refractivity contribution in [3.8, 4) is 0 Å². The first-order valence-corrected chi connectivity index (χ1v) is 5.53. The van der Waals surface area contributed by atoms with Crippen LogP contribution in [0.2, 0.25) is 0 Å². The molecule has 2 rings (SSSR count).